The fourth-order valence-electron chi connectivity index (χ4n) is 3.08. The van der Waals surface area contributed by atoms with Crippen molar-refractivity contribution in [3.05, 3.63) is 58.6 Å². The number of rotatable bonds is 7. The third kappa shape index (κ3) is 5.30. The number of amides is 1. The Balaban J connectivity index is 1.57. The number of carbonyl (C=O) groups excluding carboxylic acids is 1. The first-order valence-corrected chi connectivity index (χ1v) is 10.7. The molecule has 0 atom stereocenters. The molecular weight excluding hydrogens is 396 g/mol. The molecule has 10 heteroatoms. The second-order valence-corrected chi connectivity index (χ2v) is 8.64. The Labute approximate surface area is 168 Å². The van der Waals surface area contributed by atoms with Crippen LogP contribution in [0.15, 0.2) is 53.4 Å². The number of anilines is 2. The normalized spacial score (nSPS) is 14.9. The molecule has 0 saturated carbocycles. The lowest BCUT2D eigenvalue weighted by Gasteiger charge is -2.25. The lowest BCUT2D eigenvalue weighted by Crippen LogP contribution is -2.35. The van der Waals surface area contributed by atoms with Crippen LogP contribution in [-0.4, -0.2) is 43.2 Å². The topological polar surface area (TPSA) is 122 Å². The zero-order chi connectivity index (χ0) is 20.9. The van der Waals surface area contributed by atoms with Gasteiger partial charge in [0, 0.05) is 36.6 Å². The maximum Gasteiger partial charge on any atom is 0.271 e. The maximum atomic E-state index is 12.6. The van der Waals surface area contributed by atoms with E-state index in [4.69, 9.17) is 0 Å². The van der Waals surface area contributed by atoms with Crippen molar-refractivity contribution in [1.29, 1.82) is 0 Å². The molecule has 1 saturated heterocycles. The van der Waals surface area contributed by atoms with Gasteiger partial charge in [-0.25, -0.2) is 8.42 Å². The summed E-state index contributed by atoms with van der Waals surface area (Å²) in [6.07, 6.45) is 2.78. The van der Waals surface area contributed by atoms with Gasteiger partial charge in [0.05, 0.1) is 16.4 Å². The number of piperidine rings is 1. The number of benzene rings is 2. The van der Waals surface area contributed by atoms with Crippen LogP contribution in [0.5, 0.6) is 0 Å². The molecule has 154 valence electrons. The van der Waals surface area contributed by atoms with Gasteiger partial charge in [-0.3, -0.25) is 14.9 Å². The van der Waals surface area contributed by atoms with Crippen LogP contribution in [0.2, 0.25) is 0 Å². The van der Waals surface area contributed by atoms with Gasteiger partial charge in [-0.1, -0.05) is 12.5 Å². The molecular formula is C19H22N4O5S. The first kappa shape index (κ1) is 20.7. The summed E-state index contributed by atoms with van der Waals surface area (Å²) in [5, 5.41) is 16.3. The average Bonchev–Trinajstić information content (AvgIpc) is 2.73. The third-order valence-corrected chi connectivity index (χ3v) is 6.51. The van der Waals surface area contributed by atoms with E-state index in [0.717, 1.165) is 19.3 Å². The Morgan fingerprint density at radius 3 is 2.38 bits per heavy atom. The third-order valence-electron chi connectivity index (χ3n) is 4.60. The molecule has 1 amide bonds. The molecule has 0 unspecified atom stereocenters. The molecule has 0 aromatic heterocycles. The molecule has 1 aliphatic rings. The van der Waals surface area contributed by atoms with Gasteiger partial charge in [0.1, 0.15) is 0 Å². The lowest BCUT2D eigenvalue weighted by molar-refractivity contribution is -0.384. The number of hydrogen-bond acceptors (Lipinski definition) is 6. The number of nitrogens with one attached hydrogen (secondary N) is 2. The number of carbonyl (C=O) groups is 1. The van der Waals surface area contributed by atoms with Crippen LogP contribution < -0.4 is 10.6 Å². The summed E-state index contributed by atoms with van der Waals surface area (Å²) in [6.45, 7) is 0.975. The molecule has 0 bridgehead atoms. The first-order chi connectivity index (χ1) is 13.9. The van der Waals surface area contributed by atoms with Gasteiger partial charge in [-0.15, -0.1) is 0 Å². The Bertz CT molecular complexity index is 986. The predicted molar refractivity (Wildman–Crippen MR) is 109 cm³/mol. The van der Waals surface area contributed by atoms with E-state index in [0.29, 0.717) is 24.5 Å². The van der Waals surface area contributed by atoms with E-state index in [1.807, 2.05) is 0 Å². The van der Waals surface area contributed by atoms with Crippen LogP contribution in [0.1, 0.15) is 19.3 Å². The standard InChI is InChI=1S/C19H22N4O5S/c24-19(14-20-16-5-4-6-17(13-16)23(25)26)21-15-7-9-18(10-8-15)29(27,28)22-11-2-1-3-12-22/h4-10,13,20H,1-3,11-12,14H2,(H,21,24). The van der Waals surface area contributed by atoms with Crippen molar-refractivity contribution in [1.82, 2.24) is 4.31 Å². The second kappa shape index (κ2) is 9.01. The molecule has 3 rings (SSSR count). The van der Waals surface area contributed by atoms with E-state index in [1.54, 1.807) is 18.2 Å². The summed E-state index contributed by atoms with van der Waals surface area (Å²) in [7, 11) is -3.51. The SMILES string of the molecule is O=C(CNc1cccc([N+](=O)[O-])c1)Nc1ccc(S(=O)(=O)N2CCCCC2)cc1. The monoisotopic (exact) mass is 418 g/mol. The fraction of sp³-hybridized carbons (Fsp3) is 0.316. The minimum absolute atomic E-state index is 0.0686. The summed E-state index contributed by atoms with van der Waals surface area (Å²) >= 11 is 0. The van der Waals surface area contributed by atoms with Gasteiger partial charge in [-0.2, -0.15) is 4.31 Å². The van der Waals surface area contributed by atoms with Crippen molar-refractivity contribution in [2.45, 2.75) is 24.2 Å². The van der Waals surface area contributed by atoms with Crippen molar-refractivity contribution in [3.63, 3.8) is 0 Å². The Hall–Kier alpha value is -2.98. The van der Waals surface area contributed by atoms with E-state index in [9.17, 15) is 23.3 Å². The minimum atomic E-state index is -3.51. The molecule has 0 spiro atoms. The number of sulfonamides is 1. The second-order valence-electron chi connectivity index (χ2n) is 6.70. The molecule has 29 heavy (non-hydrogen) atoms. The van der Waals surface area contributed by atoms with Crippen LogP contribution in [-0.2, 0) is 14.8 Å². The summed E-state index contributed by atoms with van der Waals surface area (Å²) in [6, 6.07) is 11.9. The number of nitrogens with zero attached hydrogens (tertiary/aromatic N) is 2. The Morgan fingerprint density at radius 1 is 1.03 bits per heavy atom. The van der Waals surface area contributed by atoms with Crippen LogP contribution in [0.25, 0.3) is 0 Å². The molecule has 1 heterocycles. The lowest BCUT2D eigenvalue weighted by atomic mass is 10.2. The number of nitro benzene ring substituents is 1. The van der Waals surface area contributed by atoms with Crippen LogP contribution in [0.3, 0.4) is 0 Å². The number of nitro groups is 1. The predicted octanol–water partition coefficient (Wildman–Crippen LogP) is 2.82. The van der Waals surface area contributed by atoms with Crippen LogP contribution in [0, 0.1) is 10.1 Å². The van der Waals surface area contributed by atoms with Gasteiger partial charge < -0.3 is 10.6 Å². The van der Waals surface area contributed by atoms with E-state index in [-0.39, 0.29) is 23.0 Å². The van der Waals surface area contributed by atoms with Gasteiger partial charge in [0.2, 0.25) is 15.9 Å². The summed E-state index contributed by atoms with van der Waals surface area (Å²) in [4.78, 5) is 22.6. The molecule has 9 nitrogen and oxygen atoms in total. The molecule has 2 N–H and O–H groups in total. The van der Waals surface area contributed by atoms with Crippen LogP contribution in [0.4, 0.5) is 17.1 Å². The van der Waals surface area contributed by atoms with Gasteiger partial charge in [0.15, 0.2) is 0 Å². The highest BCUT2D eigenvalue weighted by molar-refractivity contribution is 7.89. The number of non-ortho nitro benzene ring substituents is 1. The Morgan fingerprint density at radius 2 is 1.72 bits per heavy atom. The smallest absolute Gasteiger partial charge is 0.271 e. The quantitative estimate of drug-likeness (QED) is 0.527. The first-order valence-electron chi connectivity index (χ1n) is 9.25. The van der Waals surface area contributed by atoms with Crippen molar-refractivity contribution in [2.75, 3.05) is 30.3 Å². The molecule has 1 aliphatic heterocycles. The van der Waals surface area contributed by atoms with Crippen molar-refractivity contribution >= 4 is 33.0 Å². The summed E-state index contributed by atoms with van der Waals surface area (Å²) in [5.41, 5.74) is 0.853. The van der Waals surface area contributed by atoms with E-state index >= 15 is 0 Å². The molecule has 2 aromatic carbocycles. The molecule has 1 fully saturated rings. The van der Waals surface area contributed by atoms with Crippen molar-refractivity contribution < 1.29 is 18.1 Å². The van der Waals surface area contributed by atoms with Gasteiger partial charge >= 0.3 is 0 Å². The zero-order valence-electron chi connectivity index (χ0n) is 15.7. The van der Waals surface area contributed by atoms with Crippen molar-refractivity contribution in [2.24, 2.45) is 0 Å². The largest absolute Gasteiger partial charge is 0.376 e. The van der Waals surface area contributed by atoms with Crippen molar-refractivity contribution in [3.8, 4) is 0 Å². The summed E-state index contributed by atoms with van der Waals surface area (Å²) in [5.74, 6) is -0.358. The summed E-state index contributed by atoms with van der Waals surface area (Å²) < 4.78 is 26.8. The fourth-order valence-corrected chi connectivity index (χ4v) is 4.60. The number of hydrogen-bond donors (Lipinski definition) is 2. The van der Waals surface area contributed by atoms with Gasteiger partial charge in [0.25, 0.3) is 5.69 Å². The molecule has 0 radical (unpaired) electrons. The highest BCUT2D eigenvalue weighted by Gasteiger charge is 2.25. The molecule has 2 aromatic rings. The highest BCUT2D eigenvalue weighted by atomic mass is 32.2. The van der Waals surface area contributed by atoms with E-state index < -0.39 is 14.9 Å². The Kier molecular flexibility index (Phi) is 6.45. The maximum absolute atomic E-state index is 12.6. The van der Waals surface area contributed by atoms with E-state index in [1.165, 1.54) is 34.6 Å². The highest BCUT2D eigenvalue weighted by Crippen LogP contribution is 2.22. The van der Waals surface area contributed by atoms with E-state index in [2.05, 4.69) is 10.6 Å². The average molecular weight is 418 g/mol. The zero-order valence-corrected chi connectivity index (χ0v) is 16.5. The minimum Gasteiger partial charge on any atom is -0.376 e. The van der Waals surface area contributed by atoms with Crippen LogP contribution >= 0.6 is 0 Å². The molecule has 0 aliphatic carbocycles. The van der Waals surface area contributed by atoms with Gasteiger partial charge in [-0.05, 0) is 43.2 Å².